The molecule has 1 aliphatic rings. The van der Waals surface area contributed by atoms with Gasteiger partial charge < -0.3 is 20.5 Å². The number of benzene rings is 1. The summed E-state index contributed by atoms with van der Waals surface area (Å²) in [6, 6.07) is 4.91. The highest BCUT2D eigenvalue weighted by atomic mass is 16.5. The fraction of sp³-hybridized carbons (Fsp3) is 0.500. The number of piperidine rings is 1. The van der Waals surface area contributed by atoms with E-state index in [0.29, 0.717) is 29.4 Å². The van der Waals surface area contributed by atoms with Crippen molar-refractivity contribution in [3.8, 4) is 0 Å². The van der Waals surface area contributed by atoms with Crippen LogP contribution in [0.1, 0.15) is 23.7 Å². The molecule has 1 aromatic carbocycles. The Morgan fingerprint density at radius 1 is 1.53 bits per heavy atom. The van der Waals surface area contributed by atoms with Gasteiger partial charge in [-0.25, -0.2) is 4.79 Å². The summed E-state index contributed by atoms with van der Waals surface area (Å²) < 4.78 is 5.47. The largest absolute Gasteiger partial charge is 0.478 e. The molecule has 0 spiro atoms. The number of nitrogen functional groups attached to an aromatic ring is 1. The van der Waals surface area contributed by atoms with Crippen LogP contribution in [0.15, 0.2) is 18.2 Å². The third kappa shape index (κ3) is 2.81. The Morgan fingerprint density at radius 3 is 2.89 bits per heavy atom. The quantitative estimate of drug-likeness (QED) is 0.815. The zero-order valence-corrected chi connectivity index (χ0v) is 11.3. The minimum atomic E-state index is -0.928. The van der Waals surface area contributed by atoms with Gasteiger partial charge in [0.15, 0.2) is 0 Å². The number of nitrogens with zero attached hydrogens (tertiary/aromatic N) is 1. The molecule has 1 saturated heterocycles. The van der Waals surface area contributed by atoms with E-state index in [2.05, 4.69) is 6.92 Å². The van der Waals surface area contributed by atoms with E-state index in [-0.39, 0.29) is 6.10 Å². The first kappa shape index (κ1) is 13.7. The molecule has 1 heterocycles. The van der Waals surface area contributed by atoms with E-state index < -0.39 is 5.97 Å². The van der Waals surface area contributed by atoms with Gasteiger partial charge in [0.2, 0.25) is 0 Å². The van der Waals surface area contributed by atoms with Crippen LogP contribution in [0.5, 0.6) is 0 Å². The van der Waals surface area contributed by atoms with Crippen LogP contribution in [0.25, 0.3) is 0 Å². The van der Waals surface area contributed by atoms with Gasteiger partial charge in [0.1, 0.15) is 0 Å². The van der Waals surface area contributed by atoms with E-state index in [1.807, 2.05) is 4.90 Å². The summed E-state index contributed by atoms with van der Waals surface area (Å²) in [5.74, 6) is -0.446. The van der Waals surface area contributed by atoms with Crippen molar-refractivity contribution in [1.82, 2.24) is 0 Å². The summed E-state index contributed by atoms with van der Waals surface area (Å²) in [6.07, 6.45) is 1.10. The number of anilines is 2. The molecule has 0 radical (unpaired) electrons. The van der Waals surface area contributed by atoms with Gasteiger partial charge in [0.05, 0.1) is 17.4 Å². The molecule has 0 aliphatic carbocycles. The third-order valence-corrected chi connectivity index (χ3v) is 3.79. The van der Waals surface area contributed by atoms with E-state index in [1.54, 1.807) is 25.3 Å². The molecule has 2 unspecified atom stereocenters. The van der Waals surface area contributed by atoms with Gasteiger partial charge in [-0.1, -0.05) is 6.92 Å². The molecule has 104 valence electrons. The van der Waals surface area contributed by atoms with E-state index in [9.17, 15) is 9.90 Å². The standard InChI is InChI=1S/C14H20N2O3/c1-9-5-6-16(8-13(9)19-2)12-7-10(15)3-4-11(12)14(17)18/h3-4,7,9,13H,5-6,8,15H2,1-2H3,(H,17,18). The lowest BCUT2D eigenvalue weighted by molar-refractivity contribution is 0.0496. The zero-order valence-electron chi connectivity index (χ0n) is 11.3. The molecule has 1 fully saturated rings. The molecule has 0 aromatic heterocycles. The van der Waals surface area contributed by atoms with Crippen molar-refractivity contribution in [2.45, 2.75) is 19.4 Å². The minimum Gasteiger partial charge on any atom is -0.478 e. The molecular formula is C14H20N2O3. The highest BCUT2D eigenvalue weighted by molar-refractivity contribution is 5.95. The topological polar surface area (TPSA) is 75.8 Å². The second kappa shape index (κ2) is 5.48. The Labute approximate surface area is 113 Å². The molecule has 0 saturated carbocycles. The van der Waals surface area contributed by atoms with Crippen molar-refractivity contribution in [3.05, 3.63) is 23.8 Å². The van der Waals surface area contributed by atoms with E-state index >= 15 is 0 Å². The molecule has 0 bridgehead atoms. The maximum Gasteiger partial charge on any atom is 0.337 e. The Morgan fingerprint density at radius 2 is 2.26 bits per heavy atom. The Hall–Kier alpha value is -1.75. The molecule has 0 amide bonds. The summed E-state index contributed by atoms with van der Waals surface area (Å²) in [5.41, 5.74) is 7.33. The number of ether oxygens (including phenoxy) is 1. The van der Waals surface area contributed by atoms with E-state index in [1.165, 1.54) is 0 Å². The van der Waals surface area contributed by atoms with Crippen LogP contribution < -0.4 is 10.6 Å². The lowest BCUT2D eigenvalue weighted by Gasteiger charge is -2.38. The Balaban J connectivity index is 2.31. The number of hydrogen-bond donors (Lipinski definition) is 2. The predicted octanol–water partition coefficient (Wildman–Crippen LogP) is 1.83. The Kier molecular flexibility index (Phi) is 3.95. The molecule has 5 heteroatoms. The van der Waals surface area contributed by atoms with Gasteiger partial charge in [0, 0.05) is 25.9 Å². The predicted molar refractivity (Wildman–Crippen MR) is 74.6 cm³/mol. The molecule has 2 rings (SSSR count). The number of rotatable bonds is 3. The highest BCUT2D eigenvalue weighted by Gasteiger charge is 2.28. The first-order valence-electron chi connectivity index (χ1n) is 6.43. The molecule has 2 atom stereocenters. The summed E-state index contributed by atoms with van der Waals surface area (Å²) >= 11 is 0. The van der Waals surface area contributed by atoms with Gasteiger partial charge in [-0.3, -0.25) is 0 Å². The summed E-state index contributed by atoms with van der Waals surface area (Å²) in [5, 5.41) is 9.26. The summed E-state index contributed by atoms with van der Waals surface area (Å²) in [6.45, 7) is 3.68. The molecule has 3 N–H and O–H groups in total. The van der Waals surface area contributed by atoms with E-state index in [0.717, 1.165) is 13.0 Å². The maximum atomic E-state index is 11.3. The number of carbonyl (C=O) groups is 1. The molecular weight excluding hydrogens is 244 g/mol. The summed E-state index contributed by atoms with van der Waals surface area (Å²) in [4.78, 5) is 13.3. The van der Waals surface area contributed by atoms with Crippen molar-refractivity contribution < 1.29 is 14.6 Å². The Bertz CT molecular complexity index is 476. The fourth-order valence-corrected chi connectivity index (χ4v) is 2.55. The average Bonchev–Trinajstić information content (AvgIpc) is 2.38. The molecule has 1 aliphatic heterocycles. The number of carboxylic acid groups (broad SMARTS) is 1. The van der Waals surface area contributed by atoms with Crippen molar-refractivity contribution in [3.63, 3.8) is 0 Å². The normalized spacial score (nSPS) is 23.4. The van der Waals surface area contributed by atoms with Gasteiger partial charge in [-0.05, 0) is 30.5 Å². The van der Waals surface area contributed by atoms with Crippen LogP contribution in [0.3, 0.4) is 0 Å². The average molecular weight is 264 g/mol. The van der Waals surface area contributed by atoms with Crippen LogP contribution in [-0.4, -0.2) is 37.4 Å². The molecule has 19 heavy (non-hydrogen) atoms. The van der Waals surface area contributed by atoms with Crippen LogP contribution in [0.2, 0.25) is 0 Å². The van der Waals surface area contributed by atoms with Crippen molar-refractivity contribution in [2.75, 3.05) is 30.8 Å². The second-order valence-corrected chi connectivity index (χ2v) is 5.07. The van der Waals surface area contributed by atoms with Crippen molar-refractivity contribution >= 4 is 17.3 Å². The molecule has 1 aromatic rings. The lowest BCUT2D eigenvalue weighted by Crippen LogP contribution is -2.44. The van der Waals surface area contributed by atoms with Crippen molar-refractivity contribution in [2.24, 2.45) is 5.92 Å². The van der Waals surface area contributed by atoms with Crippen LogP contribution in [0.4, 0.5) is 11.4 Å². The van der Waals surface area contributed by atoms with Gasteiger partial charge in [0.25, 0.3) is 0 Å². The maximum absolute atomic E-state index is 11.3. The smallest absolute Gasteiger partial charge is 0.337 e. The van der Waals surface area contributed by atoms with Gasteiger partial charge >= 0.3 is 5.97 Å². The second-order valence-electron chi connectivity index (χ2n) is 5.07. The van der Waals surface area contributed by atoms with E-state index in [4.69, 9.17) is 10.5 Å². The van der Waals surface area contributed by atoms with Crippen molar-refractivity contribution in [1.29, 1.82) is 0 Å². The third-order valence-electron chi connectivity index (χ3n) is 3.79. The number of carboxylic acids is 1. The number of methoxy groups -OCH3 is 1. The number of hydrogen-bond acceptors (Lipinski definition) is 4. The lowest BCUT2D eigenvalue weighted by atomic mass is 9.95. The number of aromatic carboxylic acids is 1. The van der Waals surface area contributed by atoms with Crippen LogP contribution >= 0.6 is 0 Å². The SMILES string of the molecule is COC1CN(c2cc(N)ccc2C(=O)O)CCC1C. The van der Waals surface area contributed by atoms with Crippen LogP contribution in [-0.2, 0) is 4.74 Å². The van der Waals surface area contributed by atoms with Gasteiger partial charge in [-0.2, -0.15) is 0 Å². The highest BCUT2D eigenvalue weighted by Crippen LogP contribution is 2.29. The minimum absolute atomic E-state index is 0.122. The zero-order chi connectivity index (χ0) is 14.0. The monoisotopic (exact) mass is 264 g/mol. The molecule has 5 nitrogen and oxygen atoms in total. The number of nitrogens with two attached hydrogens (primary N) is 1. The first-order chi connectivity index (χ1) is 9.02. The first-order valence-corrected chi connectivity index (χ1v) is 6.43. The summed E-state index contributed by atoms with van der Waals surface area (Å²) in [7, 11) is 1.70. The van der Waals surface area contributed by atoms with Crippen LogP contribution in [0, 0.1) is 5.92 Å². The van der Waals surface area contributed by atoms with Gasteiger partial charge in [-0.15, -0.1) is 0 Å². The fourth-order valence-electron chi connectivity index (χ4n) is 2.55.